The van der Waals surface area contributed by atoms with Crippen molar-refractivity contribution in [2.45, 2.75) is 123 Å². The lowest BCUT2D eigenvalue weighted by Crippen LogP contribution is -2.59. The number of nitrogens with zero attached hydrogens (tertiary/aromatic N) is 5. The van der Waals surface area contributed by atoms with Crippen LogP contribution in [0.5, 0.6) is 11.5 Å². The second kappa shape index (κ2) is 18.7. The molecule has 2 saturated carbocycles. The van der Waals surface area contributed by atoms with E-state index in [1.807, 2.05) is 65.8 Å². The Morgan fingerprint density at radius 1 is 1.05 bits per heavy atom. The molecule has 0 radical (unpaired) electrons. The molecule has 0 bridgehead atoms. The van der Waals surface area contributed by atoms with E-state index in [4.69, 9.17) is 29.0 Å². The Bertz CT molecular complexity index is 2100. The van der Waals surface area contributed by atoms with Crippen LogP contribution in [-0.4, -0.2) is 135 Å². The number of ether oxygens (including phenoxy) is 4. The molecule has 17 nitrogen and oxygen atoms in total. The minimum atomic E-state index is -1.41. The lowest BCUT2D eigenvalue weighted by Gasteiger charge is -2.35. The van der Waals surface area contributed by atoms with Gasteiger partial charge >= 0.3 is 12.1 Å². The number of carbonyl (C=O) groups excluding carboxylic acids is 3. The molecule has 1 unspecified atom stereocenters. The number of carboxylic acids is 1. The van der Waals surface area contributed by atoms with Gasteiger partial charge in [-0.2, -0.15) is 0 Å². The van der Waals surface area contributed by atoms with Gasteiger partial charge in [-0.15, -0.1) is 5.10 Å². The van der Waals surface area contributed by atoms with E-state index in [1.165, 1.54) is 4.90 Å². The number of rotatable bonds is 16. The Morgan fingerprint density at radius 3 is 2.48 bits per heavy atom. The van der Waals surface area contributed by atoms with Crippen LogP contribution in [-0.2, 0) is 23.9 Å². The monoisotopic (exact) mass is 860 g/mol. The highest BCUT2D eigenvalue weighted by Gasteiger charge is 2.61. The van der Waals surface area contributed by atoms with Crippen LogP contribution in [0.25, 0.3) is 16.7 Å². The van der Waals surface area contributed by atoms with Gasteiger partial charge in [0.1, 0.15) is 53.8 Å². The Labute approximate surface area is 363 Å². The Hall–Kier alpha value is -5.16. The summed E-state index contributed by atoms with van der Waals surface area (Å²) in [7, 11) is 0. The number of carboxylic acid groups (broad SMARTS) is 1. The minimum Gasteiger partial charge on any atom is -0.492 e. The molecule has 0 spiro atoms. The largest absolute Gasteiger partial charge is 0.492 e. The maximum absolute atomic E-state index is 14.8. The van der Waals surface area contributed by atoms with Crippen LogP contribution in [0.1, 0.15) is 87.0 Å². The SMILES string of the molecule is CC[C@@H]1C[C@]1(NC(=O)[C@@H]1C[C@@H](Oc2cc(-n3ccc(NC(C)C)n3)nc3cc(OCCN4CCOCC4)ccc23)CN1C(=O)[C@@H](NC(=O)OC1CC[C@H](C)C1)C(C)(C)C)C(=O)O. The number of alkyl carbamates (subject to hydrolysis) is 1. The number of anilines is 1. The molecular formula is C45H64N8O9. The number of carbonyl (C=O) groups is 4. The molecule has 7 rings (SSSR count). The second-order valence-electron chi connectivity index (χ2n) is 18.9. The number of amides is 3. The molecule has 4 heterocycles. The maximum Gasteiger partial charge on any atom is 0.408 e. The number of aliphatic carboxylic acids is 1. The normalized spacial score (nSPS) is 25.7. The summed E-state index contributed by atoms with van der Waals surface area (Å²) >= 11 is 0. The van der Waals surface area contributed by atoms with Crippen LogP contribution in [0.2, 0.25) is 0 Å². The first-order valence-electron chi connectivity index (χ1n) is 22.2. The van der Waals surface area contributed by atoms with Gasteiger partial charge in [0.05, 0.1) is 25.3 Å². The number of nitrogens with one attached hydrogen (secondary N) is 3. The van der Waals surface area contributed by atoms with E-state index in [-0.39, 0.29) is 31.0 Å². The highest BCUT2D eigenvalue weighted by molar-refractivity contribution is 5.96. The molecular weight excluding hydrogens is 797 g/mol. The summed E-state index contributed by atoms with van der Waals surface area (Å²) < 4.78 is 25.9. The summed E-state index contributed by atoms with van der Waals surface area (Å²) in [6, 6.07) is 7.25. The zero-order valence-electron chi connectivity index (χ0n) is 37.1. The number of hydrogen-bond donors (Lipinski definition) is 4. The predicted octanol–water partition coefficient (Wildman–Crippen LogP) is 5.00. The summed E-state index contributed by atoms with van der Waals surface area (Å²) in [4.78, 5) is 63.6. The number of morpholine rings is 1. The van der Waals surface area contributed by atoms with Gasteiger partial charge in [-0.05, 0) is 68.9 Å². The van der Waals surface area contributed by atoms with E-state index >= 15 is 0 Å². The van der Waals surface area contributed by atoms with E-state index < -0.39 is 53.0 Å². The van der Waals surface area contributed by atoms with Crippen molar-refractivity contribution in [3.8, 4) is 17.3 Å². The third-order valence-corrected chi connectivity index (χ3v) is 12.5. The van der Waals surface area contributed by atoms with E-state index in [0.717, 1.165) is 38.9 Å². The fourth-order valence-electron chi connectivity index (χ4n) is 8.94. The van der Waals surface area contributed by atoms with Gasteiger partial charge in [0.2, 0.25) is 11.8 Å². The van der Waals surface area contributed by atoms with Crippen LogP contribution in [0.4, 0.5) is 10.6 Å². The summed E-state index contributed by atoms with van der Waals surface area (Å²) in [6.45, 7) is 17.9. The second-order valence-corrected chi connectivity index (χ2v) is 18.9. The average molecular weight is 861 g/mol. The van der Waals surface area contributed by atoms with E-state index in [2.05, 4.69) is 27.8 Å². The van der Waals surface area contributed by atoms with Gasteiger partial charge in [0.15, 0.2) is 5.82 Å². The van der Waals surface area contributed by atoms with Crippen LogP contribution < -0.4 is 25.4 Å². The number of fused-ring (bicyclic) bond motifs is 1. The highest BCUT2D eigenvalue weighted by atomic mass is 16.6. The Morgan fingerprint density at radius 2 is 1.82 bits per heavy atom. The van der Waals surface area contributed by atoms with Crippen molar-refractivity contribution in [1.29, 1.82) is 0 Å². The molecule has 4 aliphatic rings. The fraction of sp³-hybridized carbons (Fsp3) is 0.644. The number of likely N-dealkylation sites (tertiary alicyclic amines) is 1. The quantitative estimate of drug-likeness (QED) is 0.150. The van der Waals surface area contributed by atoms with Gasteiger partial charge in [-0.1, -0.05) is 41.0 Å². The topological polar surface area (TPSA) is 199 Å². The molecule has 2 aliphatic heterocycles. The van der Waals surface area contributed by atoms with E-state index in [1.54, 1.807) is 16.9 Å². The molecule has 338 valence electrons. The fourth-order valence-corrected chi connectivity index (χ4v) is 8.94. The molecule has 2 saturated heterocycles. The first kappa shape index (κ1) is 44.9. The van der Waals surface area contributed by atoms with Gasteiger partial charge in [-0.25, -0.2) is 19.3 Å². The van der Waals surface area contributed by atoms with Crippen LogP contribution in [0.3, 0.4) is 0 Å². The third kappa shape index (κ3) is 10.4. The molecule has 2 aromatic heterocycles. The Balaban J connectivity index is 1.18. The molecule has 3 aromatic rings. The zero-order chi connectivity index (χ0) is 44.3. The smallest absolute Gasteiger partial charge is 0.408 e. The molecule has 3 amide bonds. The van der Waals surface area contributed by atoms with Crippen molar-refractivity contribution < 1.29 is 43.2 Å². The highest BCUT2D eigenvalue weighted by Crippen LogP contribution is 2.46. The number of hydrogen-bond acceptors (Lipinski definition) is 12. The summed E-state index contributed by atoms with van der Waals surface area (Å²) in [5.41, 5.74) is -1.60. The van der Waals surface area contributed by atoms with Crippen molar-refractivity contribution in [2.24, 2.45) is 17.3 Å². The molecule has 17 heteroatoms. The van der Waals surface area contributed by atoms with Gasteiger partial charge in [-0.3, -0.25) is 14.5 Å². The van der Waals surface area contributed by atoms with Gasteiger partial charge < -0.3 is 44.9 Å². The zero-order valence-corrected chi connectivity index (χ0v) is 37.1. The van der Waals surface area contributed by atoms with Crippen molar-refractivity contribution in [2.75, 3.05) is 51.3 Å². The third-order valence-electron chi connectivity index (χ3n) is 12.5. The van der Waals surface area contributed by atoms with Crippen molar-refractivity contribution in [3.63, 3.8) is 0 Å². The van der Waals surface area contributed by atoms with Crippen LogP contribution in [0.15, 0.2) is 36.5 Å². The van der Waals surface area contributed by atoms with E-state index in [0.29, 0.717) is 72.6 Å². The van der Waals surface area contributed by atoms with Gasteiger partial charge in [0, 0.05) is 61.9 Å². The van der Waals surface area contributed by atoms with Crippen LogP contribution >= 0.6 is 0 Å². The number of benzene rings is 1. The first-order chi connectivity index (χ1) is 29.5. The molecule has 1 aromatic carbocycles. The molecule has 4 N–H and O–H groups in total. The summed E-state index contributed by atoms with van der Waals surface area (Å²) in [6.07, 6.45) is 3.58. The Kier molecular flexibility index (Phi) is 13.5. The van der Waals surface area contributed by atoms with Gasteiger partial charge in [0.25, 0.3) is 0 Å². The number of pyridine rings is 1. The maximum atomic E-state index is 14.8. The predicted molar refractivity (Wildman–Crippen MR) is 231 cm³/mol. The molecule has 2 aliphatic carbocycles. The van der Waals surface area contributed by atoms with E-state index in [9.17, 15) is 24.3 Å². The lowest BCUT2D eigenvalue weighted by molar-refractivity contribution is -0.146. The molecule has 62 heavy (non-hydrogen) atoms. The first-order valence-corrected chi connectivity index (χ1v) is 22.2. The van der Waals surface area contributed by atoms with Crippen LogP contribution in [0, 0.1) is 17.3 Å². The average Bonchev–Trinajstić information content (AvgIpc) is 3.53. The lowest BCUT2D eigenvalue weighted by atomic mass is 9.85. The van der Waals surface area contributed by atoms with Crippen molar-refractivity contribution in [3.05, 3.63) is 36.5 Å². The summed E-state index contributed by atoms with van der Waals surface area (Å²) in [5, 5.41) is 24.6. The molecule has 4 fully saturated rings. The van der Waals surface area contributed by atoms with Crippen molar-refractivity contribution >= 4 is 40.6 Å². The minimum absolute atomic E-state index is 0.0102. The number of aromatic nitrogens is 3. The molecule has 7 atom stereocenters. The standard InChI is InChI=1S/C45H64N8O9/c1-8-29-25-45(29,42(56)57)49-40(54)35-23-32(26-52(35)41(55)39(44(5,6)7)48-43(58)62-31-10-9-28(4)21-31)61-36-24-38(53-14-13-37(50-53)46-27(2)3)47-34-22-30(11-12-33(34)36)60-20-17-51-15-18-59-19-16-51/h11-14,22,24,27-29,31-32,35,39H,8-10,15-21,23,25-26H2,1-7H3,(H,46,50)(H,48,58)(H,49,54)(H,56,57)/t28-,29+,31?,32+,35-,39+,45+/m0/s1. The summed E-state index contributed by atoms with van der Waals surface area (Å²) in [5.74, 6) is 0.266. The van der Waals surface area contributed by atoms with Crippen molar-refractivity contribution in [1.82, 2.24) is 35.2 Å².